The van der Waals surface area contributed by atoms with E-state index in [2.05, 4.69) is 34.5 Å². The van der Waals surface area contributed by atoms with Gasteiger partial charge in [0.1, 0.15) is 0 Å². The highest BCUT2D eigenvalue weighted by Crippen LogP contribution is 2.33. The molecule has 0 unspecified atom stereocenters. The zero-order valence-corrected chi connectivity index (χ0v) is 18.3. The van der Waals surface area contributed by atoms with Gasteiger partial charge in [-0.2, -0.15) is 5.10 Å². The van der Waals surface area contributed by atoms with Crippen molar-refractivity contribution in [2.45, 2.75) is 30.7 Å². The fraction of sp³-hybridized carbons (Fsp3) is 0.450. The van der Waals surface area contributed by atoms with E-state index in [1.165, 1.54) is 9.60 Å². The number of fused-ring (bicyclic) bond motifs is 1. The Labute approximate surface area is 173 Å². The van der Waals surface area contributed by atoms with E-state index in [4.69, 9.17) is 4.98 Å². The van der Waals surface area contributed by atoms with Crippen LogP contribution in [-0.4, -0.2) is 58.0 Å². The van der Waals surface area contributed by atoms with Crippen LogP contribution >= 0.6 is 23.1 Å². The first-order chi connectivity index (χ1) is 13.5. The van der Waals surface area contributed by atoms with Crippen LogP contribution in [0.5, 0.6) is 0 Å². The smallest absolute Gasteiger partial charge is 0.274 e. The average molecular weight is 416 g/mol. The maximum Gasteiger partial charge on any atom is 0.274 e. The first-order valence-electron chi connectivity index (χ1n) is 9.43. The van der Waals surface area contributed by atoms with Crippen LogP contribution in [0.25, 0.3) is 10.2 Å². The lowest BCUT2D eigenvalue weighted by atomic mass is 10.0. The number of thioether (sulfide) groups is 1. The Morgan fingerprint density at radius 1 is 1.29 bits per heavy atom. The lowest BCUT2D eigenvalue weighted by Crippen LogP contribution is -2.45. The summed E-state index contributed by atoms with van der Waals surface area (Å²) in [7, 11) is 3.76. The van der Waals surface area contributed by atoms with Crippen molar-refractivity contribution in [3.8, 4) is 0 Å². The number of carbonyl (C=O) groups excluding carboxylic acids is 1. The topological polar surface area (TPSA) is 54.3 Å². The second-order valence-corrected chi connectivity index (χ2v) is 9.15. The molecule has 0 atom stereocenters. The number of hydrogen-bond donors (Lipinski definition) is 0. The molecule has 8 heteroatoms. The van der Waals surface area contributed by atoms with Gasteiger partial charge in [-0.15, -0.1) is 11.8 Å². The molecule has 3 aromatic rings. The van der Waals surface area contributed by atoms with Crippen molar-refractivity contribution in [3.05, 3.63) is 35.7 Å². The van der Waals surface area contributed by atoms with E-state index in [-0.39, 0.29) is 11.9 Å². The van der Waals surface area contributed by atoms with Crippen LogP contribution in [0.2, 0.25) is 0 Å². The molecular formula is C20H25N5OS2. The molecule has 0 saturated carbocycles. The fourth-order valence-corrected chi connectivity index (χ4v) is 5.18. The third-order valence-electron chi connectivity index (χ3n) is 5.52. The van der Waals surface area contributed by atoms with Gasteiger partial charge in [0.25, 0.3) is 5.91 Å². The summed E-state index contributed by atoms with van der Waals surface area (Å²) in [6.45, 7) is 3.79. The molecule has 1 aromatic carbocycles. The minimum atomic E-state index is 0.00623. The third kappa shape index (κ3) is 3.63. The Morgan fingerprint density at radius 2 is 2.04 bits per heavy atom. The number of aromatic nitrogens is 3. The number of amides is 1. The highest BCUT2D eigenvalue weighted by molar-refractivity contribution is 7.98. The van der Waals surface area contributed by atoms with Gasteiger partial charge in [-0.25, -0.2) is 4.98 Å². The monoisotopic (exact) mass is 415 g/mol. The van der Waals surface area contributed by atoms with Gasteiger partial charge in [0.15, 0.2) is 10.8 Å². The van der Waals surface area contributed by atoms with E-state index in [0.29, 0.717) is 5.69 Å². The standard InChI is InChI=1S/C20H25N5OS2/c1-13-11-17(22-24(13)3)19(26)23(2)14-7-9-25(10-8-14)20-21-16-6-5-15(27-4)12-18(16)28-20/h5-6,11-12,14H,7-10H2,1-4H3. The van der Waals surface area contributed by atoms with Crippen LogP contribution in [0.4, 0.5) is 5.13 Å². The molecule has 1 fully saturated rings. The quantitative estimate of drug-likeness (QED) is 0.607. The van der Waals surface area contributed by atoms with Gasteiger partial charge < -0.3 is 9.80 Å². The maximum absolute atomic E-state index is 12.8. The maximum atomic E-state index is 12.8. The van der Waals surface area contributed by atoms with Gasteiger partial charge in [-0.3, -0.25) is 9.48 Å². The molecule has 2 aromatic heterocycles. The number of nitrogens with zero attached hydrogens (tertiary/aromatic N) is 5. The molecule has 0 N–H and O–H groups in total. The van der Waals surface area contributed by atoms with Crippen molar-refractivity contribution in [1.29, 1.82) is 0 Å². The van der Waals surface area contributed by atoms with Gasteiger partial charge in [0.05, 0.1) is 10.2 Å². The predicted molar refractivity (Wildman–Crippen MR) is 117 cm³/mol. The highest BCUT2D eigenvalue weighted by Gasteiger charge is 2.28. The summed E-state index contributed by atoms with van der Waals surface area (Å²) >= 11 is 3.52. The zero-order chi connectivity index (χ0) is 19.8. The van der Waals surface area contributed by atoms with E-state index >= 15 is 0 Å². The normalized spacial score (nSPS) is 15.4. The van der Waals surface area contributed by atoms with Crippen LogP contribution in [0.15, 0.2) is 29.2 Å². The number of thiazole rings is 1. The van der Waals surface area contributed by atoms with Crippen LogP contribution in [0.1, 0.15) is 29.0 Å². The lowest BCUT2D eigenvalue weighted by Gasteiger charge is -2.36. The van der Waals surface area contributed by atoms with E-state index in [1.807, 2.05) is 32.0 Å². The van der Waals surface area contributed by atoms with Crippen molar-refractivity contribution >= 4 is 44.4 Å². The molecule has 6 nitrogen and oxygen atoms in total. The molecule has 28 heavy (non-hydrogen) atoms. The summed E-state index contributed by atoms with van der Waals surface area (Å²) < 4.78 is 2.99. The number of benzene rings is 1. The summed E-state index contributed by atoms with van der Waals surface area (Å²) in [6.07, 6.45) is 3.98. The Morgan fingerprint density at radius 3 is 2.68 bits per heavy atom. The molecule has 3 heterocycles. The average Bonchev–Trinajstić information content (AvgIpc) is 3.29. The van der Waals surface area contributed by atoms with Crippen LogP contribution in [0, 0.1) is 6.92 Å². The van der Waals surface area contributed by atoms with Crippen LogP contribution < -0.4 is 4.90 Å². The summed E-state index contributed by atoms with van der Waals surface area (Å²) in [5.41, 5.74) is 2.59. The van der Waals surface area contributed by atoms with Gasteiger partial charge in [-0.05, 0) is 50.3 Å². The SMILES string of the molecule is CSc1ccc2nc(N3CCC(N(C)C(=O)c4cc(C)n(C)n4)CC3)sc2c1. The molecule has 148 valence electrons. The molecule has 0 radical (unpaired) electrons. The predicted octanol–water partition coefficient (Wildman–Crippen LogP) is 3.80. The van der Waals surface area contributed by atoms with Crippen LogP contribution in [-0.2, 0) is 7.05 Å². The highest BCUT2D eigenvalue weighted by atomic mass is 32.2. The van der Waals surface area contributed by atoms with Crippen molar-refractivity contribution in [2.24, 2.45) is 7.05 Å². The van der Waals surface area contributed by atoms with Gasteiger partial charge >= 0.3 is 0 Å². The van der Waals surface area contributed by atoms with E-state index in [9.17, 15) is 4.79 Å². The number of aryl methyl sites for hydroxylation is 2. The fourth-order valence-electron chi connectivity index (χ4n) is 3.61. The Bertz CT molecular complexity index is 984. The number of rotatable bonds is 4. The second kappa shape index (κ2) is 7.75. The summed E-state index contributed by atoms with van der Waals surface area (Å²) in [5.74, 6) is 0.00623. The summed E-state index contributed by atoms with van der Waals surface area (Å²) in [5, 5.41) is 5.42. The molecule has 0 spiro atoms. The lowest BCUT2D eigenvalue weighted by molar-refractivity contribution is 0.0702. The van der Waals surface area contributed by atoms with Gasteiger partial charge in [-0.1, -0.05) is 11.3 Å². The van der Waals surface area contributed by atoms with Crippen molar-refractivity contribution in [1.82, 2.24) is 19.7 Å². The second-order valence-electron chi connectivity index (χ2n) is 7.26. The minimum absolute atomic E-state index is 0.00623. The van der Waals surface area contributed by atoms with Crippen molar-refractivity contribution in [3.63, 3.8) is 0 Å². The van der Waals surface area contributed by atoms with E-state index in [1.54, 1.807) is 27.8 Å². The molecule has 1 amide bonds. The summed E-state index contributed by atoms with van der Waals surface area (Å²) in [6, 6.07) is 8.55. The number of hydrogen-bond acceptors (Lipinski definition) is 6. The van der Waals surface area contributed by atoms with Gasteiger partial charge in [0, 0.05) is 43.8 Å². The molecule has 4 rings (SSSR count). The minimum Gasteiger partial charge on any atom is -0.348 e. The van der Waals surface area contributed by atoms with Crippen LogP contribution in [0.3, 0.4) is 0 Å². The molecule has 1 aliphatic rings. The first-order valence-corrected chi connectivity index (χ1v) is 11.5. The molecule has 0 aliphatic carbocycles. The Balaban J connectivity index is 1.42. The van der Waals surface area contributed by atoms with E-state index in [0.717, 1.165) is 42.3 Å². The van der Waals surface area contributed by atoms with Gasteiger partial charge in [0.2, 0.25) is 0 Å². The third-order valence-corrected chi connectivity index (χ3v) is 7.32. The number of carbonyl (C=O) groups is 1. The largest absolute Gasteiger partial charge is 0.348 e. The molecular weight excluding hydrogens is 390 g/mol. The van der Waals surface area contributed by atoms with E-state index < -0.39 is 0 Å². The Kier molecular flexibility index (Phi) is 5.33. The molecule has 1 aliphatic heterocycles. The number of anilines is 1. The molecule has 0 bridgehead atoms. The summed E-state index contributed by atoms with van der Waals surface area (Å²) in [4.78, 5) is 23.1. The Hall–Kier alpha value is -2.06. The number of piperidine rings is 1. The molecule has 1 saturated heterocycles. The van der Waals surface area contributed by atoms with Crippen molar-refractivity contribution in [2.75, 3.05) is 31.3 Å². The zero-order valence-electron chi connectivity index (χ0n) is 16.7. The first kappa shape index (κ1) is 19.3. The van der Waals surface area contributed by atoms with Crippen molar-refractivity contribution < 1.29 is 4.79 Å².